The van der Waals surface area contributed by atoms with Gasteiger partial charge in [-0.15, -0.1) is 0 Å². The fraction of sp³-hybridized carbons (Fsp3) is 0.643. The molecule has 0 bridgehead atoms. The van der Waals surface area contributed by atoms with E-state index in [1.165, 1.54) is 5.56 Å². The molecule has 1 aromatic rings. The van der Waals surface area contributed by atoms with E-state index in [2.05, 4.69) is 29.8 Å². The number of rotatable bonds is 5. The number of hydrogen-bond donors (Lipinski definition) is 1. The minimum absolute atomic E-state index is 0.203. The quantitative estimate of drug-likeness (QED) is 0.863. The molecule has 2 rings (SSSR count). The number of ether oxygens (including phenoxy) is 1. The lowest BCUT2D eigenvalue weighted by atomic mass is 10.1. The summed E-state index contributed by atoms with van der Waals surface area (Å²) in [5.74, 6) is 1.20. The first kappa shape index (κ1) is 13.3. The molecule has 0 aliphatic carbocycles. The molecule has 1 aliphatic rings. The van der Waals surface area contributed by atoms with Gasteiger partial charge in [0.05, 0.1) is 6.61 Å². The molecule has 2 heterocycles. The predicted octanol–water partition coefficient (Wildman–Crippen LogP) is 1.65. The molecule has 1 fully saturated rings. The van der Waals surface area contributed by atoms with Crippen molar-refractivity contribution in [3.8, 4) is 5.88 Å². The van der Waals surface area contributed by atoms with Gasteiger partial charge >= 0.3 is 0 Å². The van der Waals surface area contributed by atoms with Crippen LogP contribution in [0.3, 0.4) is 0 Å². The highest BCUT2D eigenvalue weighted by Gasteiger charge is 2.23. The molecule has 1 atom stereocenters. The van der Waals surface area contributed by atoms with E-state index in [1.807, 2.05) is 12.3 Å². The van der Waals surface area contributed by atoms with Gasteiger partial charge in [-0.05, 0) is 17.9 Å². The zero-order valence-corrected chi connectivity index (χ0v) is 11.2. The van der Waals surface area contributed by atoms with Gasteiger partial charge in [0.15, 0.2) is 0 Å². The monoisotopic (exact) mass is 250 g/mol. The molecule has 1 aliphatic heterocycles. The van der Waals surface area contributed by atoms with Gasteiger partial charge in [-0.25, -0.2) is 4.98 Å². The van der Waals surface area contributed by atoms with Gasteiger partial charge in [0.2, 0.25) is 5.88 Å². The van der Waals surface area contributed by atoms with Crippen LogP contribution in [0.25, 0.3) is 0 Å². The molecule has 4 heteroatoms. The van der Waals surface area contributed by atoms with E-state index in [9.17, 15) is 0 Å². The molecule has 0 amide bonds. The first-order chi connectivity index (χ1) is 8.69. The van der Waals surface area contributed by atoms with Crippen molar-refractivity contribution >= 4 is 0 Å². The molecular weight excluding hydrogens is 228 g/mol. The summed E-state index contributed by atoms with van der Waals surface area (Å²) in [7, 11) is 0. The fourth-order valence-corrected chi connectivity index (χ4v) is 2.21. The van der Waals surface area contributed by atoms with Gasteiger partial charge in [0.1, 0.15) is 6.10 Å². The SMILES string of the molecule is CC(C)c1ccc(OC2CCN(CCO)C2)nc1. The summed E-state index contributed by atoms with van der Waals surface area (Å²) >= 11 is 0. The fourth-order valence-electron chi connectivity index (χ4n) is 2.21. The second-order valence-electron chi connectivity index (χ2n) is 5.14. The highest BCUT2D eigenvalue weighted by Crippen LogP contribution is 2.19. The molecule has 1 aromatic heterocycles. The number of aromatic nitrogens is 1. The zero-order chi connectivity index (χ0) is 13.0. The van der Waals surface area contributed by atoms with Gasteiger partial charge in [-0.2, -0.15) is 0 Å². The summed E-state index contributed by atoms with van der Waals surface area (Å²) in [6, 6.07) is 4.03. The number of nitrogens with zero attached hydrogens (tertiary/aromatic N) is 2. The van der Waals surface area contributed by atoms with Crippen LogP contribution in [-0.4, -0.2) is 47.3 Å². The maximum atomic E-state index is 8.89. The van der Waals surface area contributed by atoms with Crippen LogP contribution in [0.5, 0.6) is 5.88 Å². The number of likely N-dealkylation sites (tertiary alicyclic amines) is 1. The smallest absolute Gasteiger partial charge is 0.213 e. The summed E-state index contributed by atoms with van der Waals surface area (Å²) in [5.41, 5.74) is 1.23. The van der Waals surface area contributed by atoms with Crippen molar-refractivity contribution in [3.05, 3.63) is 23.9 Å². The summed E-state index contributed by atoms with van der Waals surface area (Å²) < 4.78 is 5.85. The maximum absolute atomic E-state index is 8.89. The van der Waals surface area contributed by atoms with Crippen molar-refractivity contribution in [1.82, 2.24) is 9.88 Å². The standard InChI is InChI=1S/C14H22N2O2/c1-11(2)12-3-4-14(15-9-12)18-13-5-6-16(10-13)7-8-17/h3-4,9,11,13,17H,5-8,10H2,1-2H3. The third-order valence-electron chi connectivity index (χ3n) is 3.36. The van der Waals surface area contributed by atoms with Gasteiger partial charge < -0.3 is 9.84 Å². The van der Waals surface area contributed by atoms with E-state index in [0.29, 0.717) is 11.8 Å². The Hall–Kier alpha value is -1.13. The topological polar surface area (TPSA) is 45.6 Å². The number of hydrogen-bond acceptors (Lipinski definition) is 4. The van der Waals surface area contributed by atoms with Crippen LogP contribution in [-0.2, 0) is 0 Å². The Labute approximate surface area is 109 Å². The van der Waals surface area contributed by atoms with E-state index in [1.54, 1.807) is 0 Å². The number of aliphatic hydroxyl groups is 1. The van der Waals surface area contributed by atoms with Crippen LogP contribution in [0, 0.1) is 0 Å². The number of β-amino-alcohol motifs (C(OH)–C–C–N with tert-alkyl or cyclic N) is 1. The van der Waals surface area contributed by atoms with Crippen LogP contribution >= 0.6 is 0 Å². The minimum atomic E-state index is 0.203. The number of aliphatic hydroxyl groups excluding tert-OH is 1. The molecule has 1 N–H and O–H groups in total. The molecule has 18 heavy (non-hydrogen) atoms. The Balaban J connectivity index is 1.86. The largest absolute Gasteiger partial charge is 0.473 e. The van der Waals surface area contributed by atoms with Gasteiger partial charge in [0.25, 0.3) is 0 Å². The predicted molar refractivity (Wildman–Crippen MR) is 70.9 cm³/mol. The average molecular weight is 250 g/mol. The van der Waals surface area contributed by atoms with E-state index < -0.39 is 0 Å². The Morgan fingerprint density at radius 3 is 2.94 bits per heavy atom. The van der Waals surface area contributed by atoms with Crippen molar-refractivity contribution in [2.24, 2.45) is 0 Å². The van der Waals surface area contributed by atoms with Crippen molar-refractivity contribution in [1.29, 1.82) is 0 Å². The summed E-state index contributed by atoms with van der Waals surface area (Å²) in [5, 5.41) is 8.89. The van der Waals surface area contributed by atoms with Crippen LogP contribution in [0.1, 0.15) is 31.7 Å². The molecule has 0 saturated carbocycles. The summed E-state index contributed by atoms with van der Waals surface area (Å²) in [4.78, 5) is 6.56. The van der Waals surface area contributed by atoms with Crippen molar-refractivity contribution in [3.63, 3.8) is 0 Å². The first-order valence-electron chi connectivity index (χ1n) is 6.65. The summed E-state index contributed by atoms with van der Waals surface area (Å²) in [6.45, 7) is 7.14. The third-order valence-corrected chi connectivity index (χ3v) is 3.36. The van der Waals surface area contributed by atoms with Crippen LogP contribution < -0.4 is 4.74 Å². The Kier molecular flexibility index (Phi) is 4.55. The average Bonchev–Trinajstić information content (AvgIpc) is 2.78. The van der Waals surface area contributed by atoms with Crippen molar-refractivity contribution in [2.45, 2.75) is 32.3 Å². The third kappa shape index (κ3) is 3.43. The lowest BCUT2D eigenvalue weighted by Gasteiger charge is -2.15. The molecule has 1 saturated heterocycles. The van der Waals surface area contributed by atoms with E-state index in [4.69, 9.17) is 9.84 Å². The van der Waals surface area contributed by atoms with Crippen molar-refractivity contribution < 1.29 is 9.84 Å². The first-order valence-corrected chi connectivity index (χ1v) is 6.65. The molecule has 0 aromatic carbocycles. The van der Waals surface area contributed by atoms with Crippen LogP contribution in [0.2, 0.25) is 0 Å². The summed E-state index contributed by atoms with van der Waals surface area (Å²) in [6.07, 6.45) is 3.10. The van der Waals surface area contributed by atoms with Crippen LogP contribution in [0.4, 0.5) is 0 Å². The Bertz CT molecular complexity index is 365. The zero-order valence-electron chi connectivity index (χ0n) is 11.2. The minimum Gasteiger partial charge on any atom is -0.473 e. The molecular formula is C14H22N2O2. The lowest BCUT2D eigenvalue weighted by molar-refractivity contribution is 0.176. The van der Waals surface area contributed by atoms with E-state index in [-0.39, 0.29) is 12.7 Å². The Morgan fingerprint density at radius 2 is 2.33 bits per heavy atom. The van der Waals surface area contributed by atoms with E-state index >= 15 is 0 Å². The molecule has 0 radical (unpaired) electrons. The second-order valence-corrected chi connectivity index (χ2v) is 5.14. The lowest BCUT2D eigenvalue weighted by Crippen LogP contribution is -2.27. The molecule has 0 spiro atoms. The van der Waals surface area contributed by atoms with Gasteiger partial charge in [0, 0.05) is 31.9 Å². The highest BCUT2D eigenvalue weighted by molar-refractivity contribution is 5.20. The van der Waals surface area contributed by atoms with Crippen molar-refractivity contribution in [2.75, 3.05) is 26.2 Å². The number of pyridine rings is 1. The highest BCUT2D eigenvalue weighted by atomic mass is 16.5. The maximum Gasteiger partial charge on any atom is 0.213 e. The Morgan fingerprint density at radius 1 is 1.50 bits per heavy atom. The van der Waals surface area contributed by atoms with Gasteiger partial charge in [-0.3, -0.25) is 4.90 Å². The van der Waals surface area contributed by atoms with Crippen LogP contribution in [0.15, 0.2) is 18.3 Å². The normalized spacial score (nSPS) is 20.6. The molecule has 100 valence electrons. The van der Waals surface area contributed by atoms with E-state index in [0.717, 1.165) is 26.1 Å². The molecule has 1 unspecified atom stereocenters. The van der Waals surface area contributed by atoms with Gasteiger partial charge in [-0.1, -0.05) is 19.9 Å². The molecule has 4 nitrogen and oxygen atoms in total. The second kappa shape index (κ2) is 6.16.